The number of carbonyl (C=O) groups excluding carboxylic acids is 1. The van der Waals surface area contributed by atoms with Crippen LogP contribution in [0.2, 0.25) is 0 Å². The van der Waals surface area contributed by atoms with Crippen molar-refractivity contribution in [1.29, 1.82) is 0 Å². The summed E-state index contributed by atoms with van der Waals surface area (Å²) in [4.78, 5) is 11.9. The fraction of sp³-hybridized carbons (Fsp3) is 0.267. The molecule has 0 saturated carbocycles. The van der Waals surface area contributed by atoms with Gasteiger partial charge in [0.2, 0.25) is 0 Å². The zero-order valence-electron chi connectivity index (χ0n) is 11.1. The number of hydrogen-bond acceptors (Lipinski definition) is 2. The van der Waals surface area contributed by atoms with Gasteiger partial charge in [-0.15, -0.1) is 0 Å². The minimum Gasteiger partial charge on any atom is -0.385 e. The molecule has 1 atom stereocenters. The van der Waals surface area contributed by atoms with Crippen LogP contribution in [0.3, 0.4) is 0 Å². The first kappa shape index (κ1) is 13.4. The minimum atomic E-state index is -0.700. The second-order valence-electron chi connectivity index (χ2n) is 4.64. The van der Waals surface area contributed by atoms with E-state index in [1.807, 2.05) is 55.1 Å². The molecular formula is C15H18N2O2. The second-order valence-corrected chi connectivity index (χ2v) is 4.64. The fourth-order valence-electron chi connectivity index (χ4n) is 2.00. The van der Waals surface area contributed by atoms with E-state index in [0.29, 0.717) is 5.56 Å². The van der Waals surface area contributed by atoms with Crippen molar-refractivity contribution in [3.05, 3.63) is 59.4 Å². The monoisotopic (exact) mass is 258 g/mol. The number of nitrogens with one attached hydrogen (secondary N) is 1. The summed E-state index contributed by atoms with van der Waals surface area (Å²) in [5.74, 6) is -0.169. The first-order chi connectivity index (χ1) is 9.08. The van der Waals surface area contributed by atoms with Gasteiger partial charge in [-0.1, -0.05) is 17.7 Å². The number of hydrogen-bond donors (Lipinski definition) is 2. The number of amides is 1. The third-order valence-electron chi connectivity index (χ3n) is 3.06. The molecule has 0 saturated heterocycles. The number of benzene rings is 1. The van der Waals surface area contributed by atoms with Crippen molar-refractivity contribution in [2.75, 3.05) is 6.54 Å². The molecule has 1 heterocycles. The van der Waals surface area contributed by atoms with Gasteiger partial charge >= 0.3 is 0 Å². The maximum atomic E-state index is 11.9. The molecule has 2 N–H and O–H groups in total. The van der Waals surface area contributed by atoms with Crippen molar-refractivity contribution in [3.63, 3.8) is 0 Å². The summed E-state index contributed by atoms with van der Waals surface area (Å²) in [7, 11) is 1.86. The second kappa shape index (κ2) is 5.71. The van der Waals surface area contributed by atoms with Gasteiger partial charge in [0.15, 0.2) is 0 Å². The predicted molar refractivity (Wildman–Crippen MR) is 73.9 cm³/mol. The molecular weight excluding hydrogens is 240 g/mol. The zero-order valence-corrected chi connectivity index (χ0v) is 11.1. The Hall–Kier alpha value is -2.07. The third-order valence-corrected chi connectivity index (χ3v) is 3.06. The van der Waals surface area contributed by atoms with E-state index in [2.05, 4.69) is 5.32 Å². The molecule has 0 aliphatic rings. The van der Waals surface area contributed by atoms with E-state index < -0.39 is 6.10 Å². The number of nitrogens with zero attached hydrogens (tertiary/aromatic N) is 1. The summed E-state index contributed by atoms with van der Waals surface area (Å²) in [6, 6.07) is 11.1. The van der Waals surface area contributed by atoms with Crippen LogP contribution in [-0.2, 0) is 7.05 Å². The Morgan fingerprint density at radius 2 is 2.16 bits per heavy atom. The number of aromatic nitrogens is 1. The first-order valence-electron chi connectivity index (χ1n) is 6.22. The third kappa shape index (κ3) is 3.23. The lowest BCUT2D eigenvalue weighted by Gasteiger charge is -2.13. The summed E-state index contributed by atoms with van der Waals surface area (Å²) >= 11 is 0. The van der Waals surface area contributed by atoms with Crippen LogP contribution in [0.5, 0.6) is 0 Å². The highest BCUT2D eigenvalue weighted by Gasteiger charge is 2.12. The first-order valence-corrected chi connectivity index (χ1v) is 6.22. The molecule has 19 heavy (non-hydrogen) atoms. The van der Waals surface area contributed by atoms with Crippen LogP contribution in [0, 0.1) is 6.92 Å². The average molecular weight is 258 g/mol. The molecule has 0 bridgehead atoms. The summed E-state index contributed by atoms with van der Waals surface area (Å²) in [6.45, 7) is 2.14. The number of rotatable bonds is 4. The molecule has 0 fully saturated rings. The molecule has 0 aliphatic carbocycles. The molecule has 1 aromatic heterocycles. The SMILES string of the molecule is Cc1cccc(C(=O)NCC(O)c2cccn2C)c1. The molecule has 0 spiro atoms. The molecule has 4 nitrogen and oxygen atoms in total. The largest absolute Gasteiger partial charge is 0.385 e. The van der Waals surface area contributed by atoms with Gasteiger partial charge in [0.05, 0.1) is 0 Å². The van der Waals surface area contributed by atoms with Crippen LogP contribution in [0.15, 0.2) is 42.6 Å². The molecule has 100 valence electrons. The summed E-state index contributed by atoms with van der Waals surface area (Å²) < 4.78 is 1.84. The standard InChI is InChI=1S/C15H18N2O2/c1-11-5-3-6-12(9-11)15(19)16-10-14(18)13-7-4-8-17(13)2/h3-9,14,18H,10H2,1-2H3,(H,16,19). The normalized spacial score (nSPS) is 12.2. The van der Waals surface area contributed by atoms with Crippen molar-refractivity contribution < 1.29 is 9.90 Å². The van der Waals surface area contributed by atoms with Crippen molar-refractivity contribution in [2.24, 2.45) is 7.05 Å². The Bertz CT molecular complexity index is 575. The van der Waals surface area contributed by atoms with Crippen LogP contribution in [0.1, 0.15) is 27.7 Å². The highest BCUT2D eigenvalue weighted by Crippen LogP contribution is 2.11. The van der Waals surface area contributed by atoms with E-state index >= 15 is 0 Å². The Labute approximate surface area is 112 Å². The van der Waals surface area contributed by atoms with Crippen molar-refractivity contribution >= 4 is 5.91 Å². The molecule has 2 aromatic rings. The summed E-state index contributed by atoms with van der Waals surface area (Å²) in [6.07, 6.45) is 1.16. The van der Waals surface area contributed by atoms with E-state index in [4.69, 9.17) is 0 Å². The molecule has 2 rings (SSSR count). The predicted octanol–water partition coefficient (Wildman–Crippen LogP) is 1.80. The molecule has 1 aromatic carbocycles. The van der Waals surface area contributed by atoms with Crippen LogP contribution < -0.4 is 5.32 Å². The lowest BCUT2D eigenvalue weighted by Crippen LogP contribution is -2.29. The van der Waals surface area contributed by atoms with Crippen molar-refractivity contribution in [1.82, 2.24) is 9.88 Å². The van der Waals surface area contributed by atoms with Gasteiger partial charge in [-0.25, -0.2) is 0 Å². The lowest BCUT2D eigenvalue weighted by atomic mass is 10.1. The van der Waals surface area contributed by atoms with E-state index in [1.54, 1.807) is 6.07 Å². The van der Waals surface area contributed by atoms with Gasteiger partial charge in [0, 0.05) is 31.0 Å². The molecule has 1 amide bonds. The van der Waals surface area contributed by atoms with Gasteiger partial charge in [0.1, 0.15) is 6.10 Å². The van der Waals surface area contributed by atoms with Gasteiger partial charge in [-0.05, 0) is 31.2 Å². The summed E-state index contributed by atoms with van der Waals surface area (Å²) in [5, 5.41) is 12.7. The topological polar surface area (TPSA) is 54.3 Å². The van der Waals surface area contributed by atoms with Crippen LogP contribution in [0.25, 0.3) is 0 Å². The van der Waals surface area contributed by atoms with E-state index in [0.717, 1.165) is 11.3 Å². The van der Waals surface area contributed by atoms with Gasteiger partial charge in [0.25, 0.3) is 5.91 Å². The van der Waals surface area contributed by atoms with Gasteiger partial charge < -0.3 is 15.0 Å². The number of aliphatic hydroxyl groups is 1. The molecule has 0 aliphatic heterocycles. The molecule has 4 heteroatoms. The zero-order chi connectivity index (χ0) is 13.8. The fourth-order valence-corrected chi connectivity index (χ4v) is 2.00. The number of carbonyl (C=O) groups is 1. The average Bonchev–Trinajstić information content (AvgIpc) is 2.82. The van der Waals surface area contributed by atoms with Crippen LogP contribution >= 0.6 is 0 Å². The van der Waals surface area contributed by atoms with Crippen molar-refractivity contribution in [3.8, 4) is 0 Å². The summed E-state index contributed by atoms with van der Waals surface area (Å²) in [5.41, 5.74) is 2.43. The van der Waals surface area contributed by atoms with E-state index in [-0.39, 0.29) is 12.5 Å². The Morgan fingerprint density at radius 1 is 1.37 bits per heavy atom. The lowest BCUT2D eigenvalue weighted by molar-refractivity contribution is 0.0912. The van der Waals surface area contributed by atoms with Crippen LogP contribution in [-0.4, -0.2) is 22.1 Å². The number of aliphatic hydroxyl groups excluding tert-OH is 1. The highest BCUT2D eigenvalue weighted by molar-refractivity contribution is 5.94. The maximum absolute atomic E-state index is 11.9. The van der Waals surface area contributed by atoms with Gasteiger partial charge in [-0.3, -0.25) is 4.79 Å². The van der Waals surface area contributed by atoms with Crippen LogP contribution in [0.4, 0.5) is 0 Å². The Balaban J connectivity index is 1.96. The van der Waals surface area contributed by atoms with Gasteiger partial charge in [-0.2, -0.15) is 0 Å². The van der Waals surface area contributed by atoms with Crippen molar-refractivity contribution in [2.45, 2.75) is 13.0 Å². The smallest absolute Gasteiger partial charge is 0.251 e. The minimum absolute atomic E-state index is 0.169. The Morgan fingerprint density at radius 3 is 2.79 bits per heavy atom. The maximum Gasteiger partial charge on any atom is 0.251 e. The Kier molecular flexibility index (Phi) is 4.02. The highest BCUT2D eigenvalue weighted by atomic mass is 16.3. The van der Waals surface area contributed by atoms with E-state index in [9.17, 15) is 9.90 Å². The van der Waals surface area contributed by atoms with E-state index in [1.165, 1.54) is 0 Å². The number of aryl methyl sites for hydroxylation is 2. The molecule has 1 unspecified atom stereocenters. The quantitative estimate of drug-likeness (QED) is 0.878. The molecule has 0 radical (unpaired) electrons.